The Morgan fingerprint density at radius 3 is 2.92 bits per heavy atom. The fourth-order valence-corrected chi connectivity index (χ4v) is 1.76. The van der Waals surface area contributed by atoms with Gasteiger partial charge in [-0.05, 0) is 0 Å². The number of hydrogen-bond acceptors (Lipinski definition) is 4. The summed E-state index contributed by atoms with van der Waals surface area (Å²) in [7, 11) is 1.88. The fraction of sp³-hybridized carbons (Fsp3) is 0.143. The number of rotatable bonds is 2. The van der Waals surface area contributed by atoms with Gasteiger partial charge in [0.25, 0.3) is 0 Å². The molecule has 0 aliphatic carbocycles. The molecule has 0 radical (unpaired) electrons. The summed E-state index contributed by atoms with van der Waals surface area (Å²) >= 11 is 1.54. The number of anilines is 1. The summed E-state index contributed by atoms with van der Waals surface area (Å²) in [5.74, 6) is 0.592. The van der Waals surface area contributed by atoms with Crippen molar-refractivity contribution < 1.29 is 0 Å². The predicted octanol–water partition coefficient (Wildman–Crippen LogP) is 0.877. The fourth-order valence-electron chi connectivity index (χ4n) is 0.945. The number of H-pyrrole nitrogens is 1. The number of hydrogen-bond donors (Lipinski definition) is 2. The van der Waals surface area contributed by atoms with Crippen molar-refractivity contribution in [3.63, 3.8) is 0 Å². The minimum Gasteiger partial charge on any atom is -0.383 e. The largest absolute Gasteiger partial charge is 0.383 e. The third-order valence-electron chi connectivity index (χ3n) is 1.54. The first-order chi connectivity index (χ1) is 6.25. The normalized spacial score (nSPS) is 10.5. The molecule has 0 aromatic carbocycles. The topological polar surface area (TPSA) is 72.5 Å². The van der Waals surface area contributed by atoms with E-state index in [4.69, 9.17) is 5.73 Å². The van der Waals surface area contributed by atoms with Crippen LogP contribution in [0.2, 0.25) is 0 Å². The van der Waals surface area contributed by atoms with Crippen LogP contribution in [0.15, 0.2) is 28.4 Å². The van der Waals surface area contributed by atoms with Crippen LogP contribution in [-0.2, 0) is 7.05 Å². The van der Waals surface area contributed by atoms with Crippen molar-refractivity contribution in [1.29, 1.82) is 0 Å². The van der Waals surface area contributed by atoms with Gasteiger partial charge in [-0.2, -0.15) is 10.2 Å². The van der Waals surface area contributed by atoms with Crippen molar-refractivity contribution in [2.75, 3.05) is 5.73 Å². The van der Waals surface area contributed by atoms with E-state index in [9.17, 15) is 0 Å². The van der Waals surface area contributed by atoms with E-state index >= 15 is 0 Å². The van der Waals surface area contributed by atoms with Crippen molar-refractivity contribution in [2.24, 2.45) is 7.05 Å². The zero-order valence-electron chi connectivity index (χ0n) is 7.06. The molecule has 2 aromatic rings. The second-order valence-corrected chi connectivity index (χ2v) is 3.72. The lowest BCUT2D eigenvalue weighted by molar-refractivity contribution is 0.766. The molecule has 0 amide bonds. The zero-order chi connectivity index (χ0) is 9.26. The third-order valence-corrected chi connectivity index (χ3v) is 2.53. The lowest BCUT2D eigenvalue weighted by Gasteiger charge is -1.93. The molecule has 0 atom stereocenters. The standard InChI is InChI=1S/C7H9N5S/c1-12-4-5(2-10-12)13-6-3-9-11-7(6)8/h2-4H,1H3,(H3,8,9,11). The van der Waals surface area contributed by atoms with Gasteiger partial charge in [-0.25, -0.2) is 0 Å². The molecule has 2 aromatic heterocycles. The number of nitrogen functional groups attached to an aromatic ring is 1. The molecule has 0 unspecified atom stereocenters. The van der Waals surface area contributed by atoms with E-state index < -0.39 is 0 Å². The summed E-state index contributed by atoms with van der Waals surface area (Å²) in [6.45, 7) is 0. The van der Waals surface area contributed by atoms with Gasteiger partial charge in [0, 0.05) is 13.2 Å². The second kappa shape index (κ2) is 3.14. The third kappa shape index (κ3) is 1.67. The van der Waals surface area contributed by atoms with Crippen molar-refractivity contribution in [3.05, 3.63) is 18.6 Å². The number of nitrogens with two attached hydrogens (primary N) is 1. The van der Waals surface area contributed by atoms with E-state index in [0.717, 1.165) is 9.79 Å². The van der Waals surface area contributed by atoms with Gasteiger partial charge in [0.15, 0.2) is 0 Å². The van der Waals surface area contributed by atoms with E-state index in [2.05, 4.69) is 15.3 Å². The highest BCUT2D eigenvalue weighted by molar-refractivity contribution is 7.99. The van der Waals surface area contributed by atoms with Gasteiger partial charge in [-0.15, -0.1) is 0 Å². The molecule has 13 heavy (non-hydrogen) atoms. The molecule has 0 aliphatic heterocycles. The Morgan fingerprint density at radius 1 is 1.54 bits per heavy atom. The molecule has 0 aliphatic rings. The quantitative estimate of drug-likeness (QED) is 0.746. The van der Waals surface area contributed by atoms with Crippen LogP contribution in [0, 0.1) is 0 Å². The van der Waals surface area contributed by atoms with Crippen molar-refractivity contribution in [2.45, 2.75) is 9.79 Å². The molecule has 0 fully saturated rings. The first-order valence-corrected chi connectivity index (χ1v) is 4.52. The molecule has 5 nitrogen and oxygen atoms in total. The number of aromatic nitrogens is 4. The van der Waals surface area contributed by atoms with E-state index in [1.807, 2.05) is 13.2 Å². The van der Waals surface area contributed by atoms with E-state index in [0.29, 0.717) is 5.82 Å². The lowest BCUT2D eigenvalue weighted by atomic mass is 10.7. The Bertz CT molecular complexity index is 404. The van der Waals surface area contributed by atoms with Gasteiger partial charge >= 0.3 is 0 Å². The van der Waals surface area contributed by atoms with E-state index in [1.54, 1.807) is 17.1 Å². The molecule has 6 heteroatoms. The van der Waals surface area contributed by atoms with Crippen LogP contribution in [0.25, 0.3) is 0 Å². The number of aromatic amines is 1. The van der Waals surface area contributed by atoms with Crippen LogP contribution in [-0.4, -0.2) is 20.0 Å². The van der Waals surface area contributed by atoms with Gasteiger partial charge in [0.05, 0.1) is 22.2 Å². The molecule has 2 heterocycles. The molecule has 0 spiro atoms. The summed E-state index contributed by atoms with van der Waals surface area (Å²) in [5.41, 5.74) is 5.63. The minimum atomic E-state index is 0.592. The van der Waals surface area contributed by atoms with Gasteiger partial charge < -0.3 is 5.73 Å². The lowest BCUT2D eigenvalue weighted by Crippen LogP contribution is -1.85. The monoisotopic (exact) mass is 195 g/mol. The van der Waals surface area contributed by atoms with Crippen LogP contribution >= 0.6 is 11.8 Å². The maximum Gasteiger partial charge on any atom is 0.133 e. The molecule has 0 saturated heterocycles. The van der Waals surface area contributed by atoms with Crippen LogP contribution in [0.4, 0.5) is 5.82 Å². The first kappa shape index (κ1) is 8.18. The highest BCUT2D eigenvalue weighted by Gasteiger charge is 2.04. The van der Waals surface area contributed by atoms with Crippen LogP contribution in [0.3, 0.4) is 0 Å². The SMILES string of the molecule is Cn1cc(Sc2cn[nH]c2N)cn1. The molecular weight excluding hydrogens is 186 g/mol. The van der Waals surface area contributed by atoms with Crippen molar-refractivity contribution >= 4 is 17.6 Å². The molecule has 0 bridgehead atoms. The highest BCUT2D eigenvalue weighted by atomic mass is 32.2. The maximum absolute atomic E-state index is 5.63. The van der Waals surface area contributed by atoms with E-state index in [1.165, 1.54) is 11.8 Å². The van der Waals surface area contributed by atoms with Crippen molar-refractivity contribution in [3.8, 4) is 0 Å². The smallest absolute Gasteiger partial charge is 0.133 e. The minimum absolute atomic E-state index is 0.592. The Kier molecular flexibility index (Phi) is 1.97. The number of nitrogens with one attached hydrogen (secondary N) is 1. The van der Waals surface area contributed by atoms with Gasteiger partial charge in [-0.3, -0.25) is 9.78 Å². The molecule has 3 N–H and O–H groups in total. The number of nitrogens with zero attached hydrogens (tertiary/aromatic N) is 3. The Hall–Kier alpha value is -1.43. The second-order valence-electron chi connectivity index (χ2n) is 2.60. The highest BCUT2D eigenvalue weighted by Crippen LogP contribution is 2.29. The Morgan fingerprint density at radius 2 is 2.38 bits per heavy atom. The van der Waals surface area contributed by atoms with Gasteiger partial charge in [0.1, 0.15) is 5.82 Å². The average Bonchev–Trinajstić information content (AvgIpc) is 2.64. The zero-order valence-corrected chi connectivity index (χ0v) is 7.88. The van der Waals surface area contributed by atoms with Crippen molar-refractivity contribution in [1.82, 2.24) is 20.0 Å². The summed E-state index contributed by atoms with van der Waals surface area (Å²) in [5, 5.41) is 10.6. The molecular formula is C7H9N5S. The van der Waals surface area contributed by atoms with E-state index in [-0.39, 0.29) is 0 Å². The molecule has 2 rings (SSSR count). The van der Waals surface area contributed by atoms with Gasteiger partial charge in [0.2, 0.25) is 0 Å². The summed E-state index contributed by atoms with van der Waals surface area (Å²) in [4.78, 5) is 1.98. The Balaban J connectivity index is 2.19. The van der Waals surface area contributed by atoms with Crippen LogP contribution in [0.1, 0.15) is 0 Å². The predicted molar refractivity (Wildman–Crippen MR) is 50.3 cm³/mol. The average molecular weight is 195 g/mol. The first-order valence-electron chi connectivity index (χ1n) is 3.71. The summed E-state index contributed by atoms with van der Waals surface area (Å²) < 4.78 is 1.75. The maximum atomic E-state index is 5.63. The number of aryl methyl sites for hydroxylation is 1. The summed E-state index contributed by atoms with van der Waals surface area (Å²) in [6, 6.07) is 0. The molecule has 68 valence electrons. The van der Waals surface area contributed by atoms with Crippen LogP contribution < -0.4 is 5.73 Å². The van der Waals surface area contributed by atoms with Gasteiger partial charge in [-0.1, -0.05) is 11.8 Å². The Labute approximate surface area is 79.3 Å². The molecule has 0 saturated carbocycles. The van der Waals surface area contributed by atoms with Crippen LogP contribution in [0.5, 0.6) is 0 Å². The summed E-state index contributed by atoms with van der Waals surface area (Å²) in [6.07, 6.45) is 5.42.